The Morgan fingerprint density at radius 3 is 2.80 bits per heavy atom. The zero-order valence-corrected chi connectivity index (χ0v) is 8.75. The monoisotopic (exact) mass is 208 g/mol. The summed E-state index contributed by atoms with van der Waals surface area (Å²) in [5.74, 6) is -0.140. The third-order valence-electron chi connectivity index (χ3n) is 1.79. The molecule has 0 aliphatic heterocycles. The lowest BCUT2D eigenvalue weighted by Crippen LogP contribution is -2.27. The van der Waals surface area contributed by atoms with Crippen molar-refractivity contribution in [3.63, 3.8) is 0 Å². The number of nitrogens with one attached hydrogen (secondary N) is 1. The molecular formula is C11H13FN2O. The Hall–Kier alpha value is -1.60. The van der Waals surface area contributed by atoms with Gasteiger partial charge in [-0.3, -0.25) is 5.32 Å². The van der Waals surface area contributed by atoms with E-state index in [1.165, 1.54) is 12.1 Å². The van der Waals surface area contributed by atoms with Gasteiger partial charge in [-0.1, -0.05) is 0 Å². The smallest absolute Gasteiger partial charge is 0.144 e. The van der Waals surface area contributed by atoms with Crippen molar-refractivity contribution in [2.75, 3.05) is 6.73 Å². The molecule has 1 aromatic carbocycles. The number of nitriles is 1. The first-order valence-corrected chi connectivity index (χ1v) is 4.69. The van der Waals surface area contributed by atoms with Gasteiger partial charge in [0, 0.05) is 12.1 Å². The zero-order chi connectivity index (χ0) is 11.3. The van der Waals surface area contributed by atoms with Crippen molar-refractivity contribution in [3.8, 4) is 11.8 Å². The van der Waals surface area contributed by atoms with Gasteiger partial charge in [0.25, 0.3) is 0 Å². The largest absolute Gasteiger partial charge is 0.478 e. The maximum atomic E-state index is 13.1. The van der Waals surface area contributed by atoms with E-state index in [1.54, 1.807) is 12.1 Å². The summed E-state index contributed by atoms with van der Waals surface area (Å²) in [6, 6.07) is 6.25. The summed E-state index contributed by atoms with van der Waals surface area (Å²) < 4.78 is 18.4. The van der Waals surface area contributed by atoms with Gasteiger partial charge in [0.1, 0.15) is 24.4 Å². The first-order valence-electron chi connectivity index (χ1n) is 4.69. The lowest BCUT2D eigenvalue weighted by Gasteiger charge is -2.10. The van der Waals surface area contributed by atoms with E-state index in [0.717, 1.165) is 0 Å². The molecule has 1 rings (SSSR count). The van der Waals surface area contributed by atoms with Gasteiger partial charge in [-0.15, -0.1) is 0 Å². The third kappa shape index (κ3) is 3.56. The quantitative estimate of drug-likeness (QED) is 0.770. The second-order valence-electron chi connectivity index (χ2n) is 3.40. The predicted molar refractivity (Wildman–Crippen MR) is 54.9 cm³/mol. The summed E-state index contributed by atoms with van der Waals surface area (Å²) in [5.41, 5.74) is 0.0270. The number of halogens is 1. The van der Waals surface area contributed by atoms with E-state index in [1.807, 2.05) is 13.8 Å². The highest BCUT2D eigenvalue weighted by atomic mass is 19.1. The highest BCUT2D eigenvalue weighted by Crippen LogP contribution is 2.15. The Kier molecular flexibility index (Phi) is 4.07. The van der Waals surface area contributed by atoms with Gasteiger partial charge in [-0.2, -0.15) is 5.26 Å². The molecule has 0 fully saturated rings. The van der Waals surface area contributed by atoms with Crippen molar-refractivity contribution in [3.05, 3.63) is 29.6 Å². The highest BCUT2D eigenvalue weighted by Gasteiger charge is 2.03. The van der Waals surface area contributed by atoms with Crippen molar-refractivity contribution in [2.24, 2.45) is 0 Å². The maximum absolute atomic E-state index is 13.1. The molecule has 4 heteroatoms. The van der Waals surface area contributed by atoms with Crippen LogP contribution in [0.2, 0.25) is 0 Å². The van der Waals surface area contributed by atoms with Crippen LogP contribution in [0.4, 0.5) is 4.39 Å². The molecule has 0 saturated heterocycles. The molecule has 0 spiro atoms. The van der Waals surface area contributed by atoms with Gasteiger partial charge in [0.2, 0.25) is 0 Å². The minimum atomic E-state index is -0.556. The molecule has 0 atom stereocenters. The normalized spacial score (nSPS) is 10.1. The Labute approximate surface area is 88.5 Å². The van der Waals surface area contributed by atoms with Crippen LogP contribution in [0.1, 0.15) is 19.4 Å². The van der Waals surface area contributed by atoms with Crippen LogP contribution in [0.3, 0.4) is 0 Å². The summed E-state index contributed by atoms with van der Waals surface area (Å²) in [5, 5.41) is 11.5. The standard InChI is InChI=1S/C11H13FN2O/c1-8(2)14-7-15-10-4-3-9(6-13)11(12)5-10/h3-5,8,14H,7H2,1-2H3. The van der Waals surface area contributed by atoms with Gasteiger partial charge in [-0.25, -0.2) is 4.39 Å². The van der Waals surface area contributed by atoms with E-state index in [2.05, 4.69) is 5.32 Å². The molecule has 0 bridgehead atoms. The number of ether oxygens (including phenoxy) is 1. The third-order valence-corrected chi connectivity index (χ3v) is 1.79. The van der Waals surface area contributed by atoms with E-state index in [-0.39, 0.29) is 5.56 Å². The summed E-state index contributed by atoms with van der Waals surface area (Å²) in [6.45, 7) is 4.30. The molecule has 0 heterocycles. The van der Waals surface area contributed by atoms with Crippen LogP contribution in [-0.4, -0.2) is 12.8 Å². The molecule has 3 nitrogen and oxygen atoms in total. The van der Waals surface area contributed by atoms with Gasteiger partial charge >= 0.3 is 0 Å². The molecule has 0 radical (unpaired) electrons. The topological polar surface area (TPSA) is 45.0 Å². The molecular weight excluding hydrogens is 195 g/mol. The van der Waals surface area contributed by atoms with Crippen molar-refractivity contribution >= 4 is 0 Å². The van der Waals surface area contributed by atoms with Crippen LogP contribution < -0.4 is 10.1 Å². The lowest BCUT2D eigenvalue weighted by atomic mass is 10.2. The van der Waals surface area contributed by atoms with E-state index in [0.29, 0.717) is 18.5 Å². The van der Waals surface area contributed by atoms with Crippen LogP contribution in [0.15, 0.2) is 18.2 Å². The van der Waals surface area contributed by atoms with Gasteiger partial charge in [0.15, 0.2) is 0 Å². The molecule has 15 heavy (non-hydrogen) atoms. The Balaban J connectivity index is 2.57. The average Bonchev–Trinajstić information content (AvgIpc) is 2.17. The summed E-state index contributed by atoms with van der Waals surface area (Å²) in [6.07, 6.45) is 0. The Morgan fingerprint density at radius 2 is 2.27 bits per heavy atom. The summed E-state index contributed by atoms with van der Waals surface area (Å²) in [4.78, 5) is 0. The highest BCUT2D eigenvalue weighted by molar-refractivity contribution is 5.36. The fourth-order valence-electron chi connectivity index (χ4n) is 0.968. The molecule has 1 aromatic rings. The fourth-order valence-corrected chi connectivity index (χ4v) is 0.968. The van der Waals surface area contributed by atoms with Crippen LogP contribution in [-0.2, 0) is 0 Å². The van der Waals surface area contributed by atoms with E-state index in [9.17, 15) is 4.39 Å². The Morgan fingerprint density at radius 1 is 1.53 bits per heavy atom. The predicted octanol–water partition coefficient (Wildman–Crippen LogP) is 2.03. The number of nitrogens with zero attached hydrogens (tertiary/aromatic N) is 1. The van der Waals surface area contributed by atoms with Crippen LogP contribution in [0.25, 0.3) is 0 Å². The minimum Gasteiger partial charge on any atom is -0.478 e. The van der Waals surface area contributed by atoms with Crippen LogP contribution in [0, 0.1) is 17.1 Å². The van der Waals surface area contributed by atoms with Crippen LogP contribution in [0.5, 0.6) is 5.75 Å². The molecule has 0 aromatic heterocycles. The molecule has 0 aliphatic carbocycles. The maximum Gasteiger partial charge on any atom is 0.144 e. The lowest BCUT2D eigenvalue weighted by molar-refractivity contribution is 0.270. The second-order valence-corrected chi connectivity index (χ2v) is 3.40. The first-order chi connectivity index (χ1) is 7.13. The Bertz CT molecular complexity index is 371. The number of rotatable bonds is 4. The van der Waals surface area contributed by atoms with E-state index >= 15 is 0 Å². The van der Waals surface area contributed by atoms with E-state index in [4.69, 9.17) is 10.00 Å². The zero-order valence-electron chi connectivity index (χ0n) is 8.75. The molecule has 0 amide bonds. The average molecular weight is 208 g/mol. The molecule has 0 unspecified atom stereocenters. The fraction of sp³-hybridized carbons (Fsp3) is 0.364. The van der Waals surface area contributed by atoms with Gasteiger partial charge in [0.05, 0.1) is 5.56 Å². The molecule has 0 aliphatic rings. The summed E-state index contributed by atoms with van der Waals surface area (Å²) >= 11 is 0. The summed E-state index contributed by atoms with van der Waals surface area (Å²) in [7, 11) is 0. The van der Waals surface area contributed by atoms with Crippen molar-refractivity contribution in [1.29, 1.82) is 5.26 Å². The van der Waals surface area contributed by atoms with Gasteiger partial charge in [-0.05, 0) is 26.0 Å². The molecule has 80 valence electrons. The van der Waals surface area contributed by atoms with Crippen LogP contribution >= 0.6 is 0 Å². The molecule has 0 saturated carbocycles. The van der Waals surface area contributed by atoms with Crippen molar-refractivity contribution in [2.45, 2.75) is 19.9 Å². The molecule has 1 N–H and O–H groups in total. The number of benzene rings is 1. The van der Waals surface area contributed by atoms with Crippen molar-refractivity contribution < 1.29 is 9.13 Å². The first kappa shape index (κ1) is 11.5. The SMILES string of the molecule is CC(C)NCOc1ccc(C#N)c(F)c1. The van der Waals surface area contributed by atoms with Gasteiger partial charge < -0.3 is 4.74 Å². The minimum absolute atomic E-state index is 0.0270. The second kappa shape index (κ2) is 5.32. The number of hydrogen-bond acceptors (Lipinski definition) is 3. The van der Waals surface area contributed by atoms with E-state index < -0.39 is 5.82 Å². The number of hydrogen-bond donors (Lipinski definition) is 1. The van der Waals surface area contributed by atoms with Crippen molar-refractivity contribution in [1.82, 2.24) is 5.32 Å².